The molecule has 1 aliphatic heterocycles. The lowest BCUT2D eigenvalue weighted by molar-refractivity contribution is -0.130. The van der Waals surface area contributed by atoms with Crippen LogP contribution in [0.1, 0.15) is 22.3 Å². The van der Waals surface area contributed by atoms with Gasteiger partial charge in [0, 0.05) is 38.4 Å². The van der Waals surface area contributed by atoms with Crippen molar-refractivity contribution in [2.24, 2.45) is 0 Å². The predicted molar refractivity (Wildman–Crippen MR) is 145 cm³/mol. The van der Waals surface area contributed by atoms with Crippen LogP contribution in [-0.2, 0) is 30.7 Å². The number of nitrogens with zero attached hydrogens (tertiary/aromatic N) is 3. The Kier molecular flexibility index (Phi) is 8.93. The minimum atomic E-state index is 0.176. The lowest BCUT2D eigenvalue weighted by Gasteiger charge is -2.32. The Labute approximate surface area is 210 Å². The molecule has 0 spiro atoms. The van der Waals surface area contributed by atoms with Crippen LogP contribution in [0, 0.1) is 0 Å². The van der Waals surface area contributed by atoms with Crippen molar-refractivity contribution in [3.8, 4) is 0 Å². The van der Waals surface area contributed by atoms with E-state index in [9.17, 15) is 4.79 Å². The third-order valence-electron chi connectivity index (χ3n) is 6.68. The Morgan fingerprint density at radius 3 is 2.26 bits per heavy atom. The summed E-state index contributed by atoms with van der Waals surface area (Å²) in [6.07, 6.45) is 1.91. The molecule has 0 saturated heterocycles. The van der Waals surface area contributed by atoms with Gasteiger partial charge in [0.15, 0.2) is 0 Å². The van der Waals surface area contributed by atoms with Gasteiger partial charge in [0.05, 0.1) is 6.54 Å². The molecule has 0 bridgehead atoms. The molecule has 0 aromatic heterocycles. The fourth-order valence-corrected chi connectivity index (χ4v) is 4.68. The van der Waals surface area contributed by atoms with E-state index < -0.39 is 0 Å². The number of nitrogens with one attached hydrogen (secondary N) is 1. The van der Waals surface area contributed by atoms with Gasteiger partial charge >= 0.3 is 0 Å². The number of carbonyl (C=O) groups excluding carboxylic acids is 1. The topological polar surface area (TPSA) is 38.8 Å². The van der Waals surface area contributed by atoms with Crippen LogP contribution < -0.4 is 10.2 Å². The number of fused-ring (bicyclic) bond motifs is 1. The second-order valence-corrected chi connectivity index (χ2v) is 9.60. The summed E-state index contributed by atoms with van der Waals surface area (Å²) >= 11 is 0. The number of benzene rings is 3. The largest absolute Gasteiger partial charge is 0.362 e. The Bertz CT molecular complexity index is 1070. The van der Waals surface area contributed by atoms with Crippen molar-refractivity contribution in [2.45, 2.75) is 25.9 Å². The van der Waals surface area contributed by atoms with E-state index >= 15 is 0 Å². The van der Waals surface area contributed by atoms with Gasteiger partial charge in [-0.2, -0.15) is 0 Å². The van der Waals surface area contributed by atoms with Crippen LogP contribution in [0.4, 0.5) is 5.69 Å². The number of anilines is 1. The van der Waals surface area contributed by atoms with Crippen molar-refractivity contribution in [1.82, 2.24) is 15.1 Å². The first-order valence-electron chi connectivity index (χ1n) is 12.7. The number of likely N-dealkylation sites (N-methyl/N-ethyl adjacent to an activating group) is 1. The molecule has 0 atom stereocenters. The molecule has 0 unspecified atom stereocenters. The van der Waals surface area contributed by atoms with Crippen molar-refractivity contribution in [1.29, 1.82) is 0 Å². The summed E-state index contributed by atoms with van der Waals surface area (Å²) in [4.78, 5) is 20.2. The minimum absolute atomic E-state index is 0.176. The molecule has 1 aliphatic rings. The van der Waals surface area contributed by atoms with Crippen molar-refractivity contribution in [3.05, 3.63) is 101 Å². The van der Waals surface area contributed by atoms with Crippen molar-refractivity contribution >= 4 is 11.6 Å². The number of hydrogen-bond donors (Lipinski definition) is 1. The number of amides is 1. The van der Waals surface area contributed by atoms with E-state index in [2.05, 4.69) is 89.9 Å². The molecule has 4 rings (SSSR count). The van der Waals surface area contributed by atoms with Gasteiger partial charge in [-0.3, -0.25) is 4.79 Å². The van der Waals surface area contributed by atoms with E-state index in [1.807, 2.05) is 23.1 Å². The van der Waals surface area contributed by atoms with E-state index in [0.717, 1.165) is 39.0 Å². The van der Waals surface area contributed by atoms with E-state index in [4.69, 9.17) is 0 Å². The predicted octanol–water partition coefficient (Wildman–Crippen LogP) is 3.97. The summed E-state index contributed by atoms with van der Waals surface area (Å²) in [5, 5.41) is 3.48. The van der Waals surface area contributed by atoms with Crippen LogP contribution in [0.5, 0.6) is 0 Å². The highest BCUT2D eigenvalue weighted by Gasteiger charge is 2.22. The normalized spacial score (nSPS) is 12.9. The summed E-state index contributed by atoms with van der Waals surface area (Å²) in [5.41, 5.74) is 6.40. The minimum Gasteiger partial charge on any atom is -0.362 e. The van der Waals surface area contributed by atoms with E-state index in [0.29, 0.717) is 19.6 Å². The van der Waals surface area contributed by atoms with E-state index in [1.165, 1.54) is 27.9 Å². The van der Waals surface area contributed by atoms with Crippen LogP contribution in [-0.4, -0.2) is 62.5 Å². The second kappa shape index (κ2) is 12.5. The smallest absolute Gasteiger partial charge is 0.242 e. The van der Waals surface area contributed by atoms with E-state index in [-0.39, 0.29) is 5.91 Å². The molecular formula is C30H38N4O. The summed E-state index contributed by atoms with van der Waals surface area (Å²) in [6, 6.07) is 27.4. The summed E-state index contributed by atoms with van der Waals surface area (Å²) in [6.45, 7) is 5.26. The first-order chi connectivity index (χ1) is 17.1. The molecule has 0 aliphatic carbocycles. The molecule has 0 radical (unpaired) electrons. The maximum Gasteiger partial charge on any atom is 0.242 e. The molecule has 5 nitrogen and oxygen atoms in total. The van der Waals surface area contributed by atoms with Crippen LogP contribution in [0.3, 0.4) is 0 Å². The molecule has 0 saturated carbocycles. The Morgan fingerprint density at radius 1 is 0.829 bits per heavy atom. The Balaban J connectivity index is 1.57. The van der Waals surface area contributed by atoms with Gasteiger partial charge in [-0.1, -0.05) is 72.8 Å². The lowest BCUT2D eigenvalue weighted by Crippen LogP contribution is -2.43. The molecule has 1 amide bonds. The molecule has 5 heteroatoms. The van der Waals surface area contributed by atoms with Gasteiger partial charge in [-0.25, -0.2) is 0 Å². The van der Waals surface area contributed by atoms with Gasteiger partial charge in [-0.05, 0) is 61.8 Å². The van der Waals surface area contributed by atoms with Crippen molar-refractivity contribution < 1.29 is 4.79 Å². The molecule has 1 heterocycles. The quantitative estimate of drug-likeness (QED) is 0.460. The number of rotatable bonds is 11. The second-order valence-electron chi connectivity index (χ2n) is 9.60. The monoisotopic (exact) mass is 470 g/mol. The van der Waals surface area contributed by atoms with Gasteiger partial charge < -0.3 is 20.0 Å². The highest BCUT2D eigenvalue weighted by Crippen LogP contribution is 2.27. The van der Waals surface area contributed by atoms with Crippen LogP contribution in [0.15, 0.2) is 78.9 Å². The third-order valence-corrected chi connectivity index (χ3v) is 6.68. The SMILES string of the molecule is CN(C)CCN(Cc1ccccc1)C(=O)CN(CCc1ccccc1)c1cccc2c1CCNC2. The maximum atomic E-state index is 13.8. The van der Waals surface area contributed by atoms with Gasteiger partial charge in [0.2, 0.25) is 5.91 Å². The average Bonchev–Trinajstić information content (AvgIpc) is 2.89. The number of carbonyl (C=O) groups is 1. The molecule has 1 N–H and O–H groups in total. The van der Waals surface area contributed by atoms with Crippen molar-refractivity contribution in [3.63, 3.8) is 0 Å². The zero-order valence-corrected chi connectivity index (χ0v) is 21.1. The molecule has 184 valence electrons. The highest BCUT2D eigenvalue weighted by atomic mass is 16.2. The molecule has 3 aromatic carbocycles. The molecule has 35 heavy (non-hydrogen) atoms. The fraction of sp³-hybridized carbons (Fsp3) is 0.367. The summed E-state index contributed by atoms with van der Waals surface area (Å²) in [7, 11) is 4.11. The molecule has 0 fully saturated rings. The Morgan fingerprint density at radius 2 is 1.54 bits per heavy atom. The van der Waals surface area contributed by atoms with Gasteiger partial charge in [0.25, 0.3) is 0 Å². The molecular weight excluding hydrogens is 432 g/mol. The first-order valence-corrected chi connectivity index (χ1v) is 12.7. The highest BCUT2D eigenvalue weighted by molar-refractivity contribution is 5.82. The van der Waals surface area contributed by atoms with E-state index in [1.54, 1.807) is 0 Å². The summed E-state index contributed by atoms with van der Waals surface area (Å²) < 4.78 is 0. The average molecular weight is 471 g/mol. The van der Waals surface area contributed by atoms with Crippen LogP contribution >= 0.6 is 0 Å². The number of hydrogen-bond acceptors (Lipinski definition) is 4. The van der Waals surface area contributed by atoms with Crippen LogP contribution in [0.25, 0.3) is 0 Å². The van der Waals surface area contributed by atoms with Gasteiger partial charge in [-0.15, -0.1) is 0 Å². The lowest BCUT2D eigenvalue weighted by atomic mass is 9.98. The van der Waals surface area contributed by atoms with Gasteiger partial charge in [0.1, 0.15) is 0 Å². The van der Waals surface area contributed by atoms with Crippen molar-refractivity contribution in [2.75, 3.05) is 51.7 Å². The summed E-state index contributed by atoms with van der Waals surface area (Å²) in [5.74, 6) is 0.176. The van der Waals surface area contributed by atoms with Crippen LogP contribution in [0.2, 0.25) is 0 Å². The zero-order valence-electron chi connectivity index (χ0n) is 21.1. The first kappa shape index (κ1) is 25.0. The fourth-order valence-electron chi connectivity index (χ4n) is 4.68. The Hall–Kier alpha value is -3.15. The molecule has 3 aromatic rings. The standard InChI is InChI=1S/C30H38N4O/c1-32(2)20-21-34(23-26-12-7-4-8-13-26)30(35)24-33(19-17-25-10-5-3-6-11-25)29-15-9-14-27-22-31-18-16-28(27)29/h3-15,31H,16-24H2,1-2H3. The third kappa shape index (κ3) is 7.17. The zero-order chi connectivity index (χ0) is 24.5. The maximum absolute atomic E-state index is 13.8.